The number of anilines is 2. The molecule has 0 heterocycles. The molecule has 26 heavy (non-hydrogen) atoms. The van der Waals surface area contributed by atoms with Gasteiger partial charge in [-0.3, -0.25) is 9.59 Å². The van der Waals surface area contributed by atoms with Crippen molar-refractivity contribution in [2.45, 2.75) is 32.6 Å². The molecule has 0 saturated heterocycles. The van der Waals surface area contributed by atoms with Gasteiger partial charge in [0.15, 0.2) is 0 Å². The van der Waals surface area contributed by atoms with Gasteiger partial charge in [0.25, 0.3) is 0 Å². The quantitative estimate of drug-likeness (QED) is 0.634. The van der Waals surface area contributed by atoms with Crippen molar-refractivity contribution >= 4 is 23.2 Å². The van der Waals surface area contributed by atoms with Gasteiger partial charge < -0.3 is 15.4 Å². The number of ether oxygens (including phenoxy) is 1. The van der Waals surface area contributed by atoms with E-state index in [4.69, 9.17) is 4.74 Å². The van der Waals surface area contributed by atoms with Gasteiger partial charge in [0.1, 0.15) is 0 Å². The molecule has 0 radical (unpaired) electrons. The smallest absolute Gasteiger partial charge is 0.224 e. The van der Waals surface area contributed by atoms with Crippen LogP contribution in [0.25, 0.3) is 0 Å². The van der Waals surface area contributed by atoms with Crippen LogP contribution >= 0.6 is 0 Å². The van der Waals surface area contributed by atoms with Crippen molar-refractivity contribution in [3.63, 3.8) is 0 Å². The molecule has 0 aromatic heterocycles. The SMILES string of the molecule is CCC(=O)Nc1ccc(NC(=O)CCCOCCc2ccccc2)cc1. The van der Waals surface area contributed by atoms with Crippen LogP contribution in [-0.4, -0.2) is 25.0 Å². The van der Waals surface area contributed by atoms with Gasteiger partial charge in [0.2, 0.25) is 11.8 Å². The van der Waals surface area contributed by atoms with Crippen LogP contribution in [0.2, 0.25) is 0 Å². The van der Waals surface area contributed by atoms with Gasteiger partial charge in [-0.15, -0.1) is 0 Å². The van der Waals surface area contributed by atoms with Crippen molar-refractivity contribution in [3.8, 4) is 0 Å². The van der Waals surface area contributed by atoms with Crippen LogP contribution in [-0.2, 0) is 20.7 Å². The van der Waals surface area contributed by atoms with Crippen LogP contribution in [0, 0.1) is 0 Å². The molecule has 0 fully saturated rings. The van der Waals surface area contributed by atoms with E-state index < -0.39 is 0 Å². The standard InChI is InChI=1S/C21H26N2O3/c1-2-20(24)22-18-10-12-19(13-11-18)23-21(25)9-6-15-26-16-14-17-7-4-3-5-8-17/h3-5,7-8,10-13H,2,6,9,14-16H2,1H3,(H,22,24)(H,23,25). The van der Waals surface area contributed by atoms with Crippen molar-refractivity contribution in [2.75, 3.05) is 23.8 Å². The van der Waals surface area contributed by atoms with Crippen LogP contribution in [0.4, 0.5) is 11.4 Å². The molecule has 0 unspecified atom stereocenters. The van der Waals surface area contributed by atoms with Gasteiger partial charge in [0.05, 0.1) is 6.61 Å². The zero-order chi connectivity index (χ0) is 18.6. The molecule has 2 rings (SSSR count). The van der Waals surface area contributed by atoms with Crippen LogP contribution in [0.1, 0.15) is 31.7 Å². The minimum Gasteiger partial charge on any atom is -0.381 e. The second-order valence-electron chi connectivity index (χ2n) is 5.98. The number of carbonyl (C=O) groups is 2. The highest BCUT2D eigenvalue weighted by atomic mass is 16.5. The summed E-state index contributed by atoms with van der Waals surface area (Å²) in [5, 5.41) is 5.62. The number of carbonyl (C=O) groups excluding carboxylic acids is 2. The highest BCUT2D eigenvalue weighted by Gasteiger charge is 2.04. The number of amides is 2. The number of benzene rings is 2. The summed E-state index contributed by atoms with van der Waals surface area (Å²) in [6.45, 7) is 3.04. The first-order valence-electron chi connectivity index (χ1n) is 8.99. The van der Waals surface area contributed by atoms with Crippen molar-refractivity contribution in [1.82, 2.24) is 0 Å². The molecule has 0 saturated carbocycles. The van der Waals surface area contributed by atoms with Crippen LogP contribution < -0.4 is 10.6 Å². The van der Waals surface area contributed by atoms with Crippen LogP contribution in [0.3, 0.4) is 0 Å². The van der Waals surface area contributed by atoms with Crippen LogP contribution in [0.15, 0.2) is 54.6 Å². The summed E-state index contributed by atoms with van der Waals surface area (Å²) in [7, 11) is 0. The van der Waals surface area contributed by atoms with E-state index in [9.17, 15) is 9.59 Å². The fourth-order valence-electron chi connectivity index (χ4n) is 2.38. The summed E-state index contributed by atoms with van der Waals surface area (Å²) >= 11 is 0. The molecule has 2 aromatic rings. The third kappa shape index (κ3) is 7.49. The lowest BCUT2D eigenvalue weighted by Gasteiger charge is -2.08. The molecule has 5 heteroatoms. The maximum atomic E-state index is 11.9. The van der Waals surface area contributed by atoms with Crippen LogP contribution in [0.5, 0.6) is 0 Å². The fourth-order valence-corrected chi connectivity index (χ4v) is 2.38. The molecule has 0 aliphatic rings. The van der Waals surface area contributed by atoms with E-state index in [1.807, 2.05) is 18.2 Å². The lowest BCUT2D eigenvalue weighted by molar-refractivity contribution is -0.117. The molecule has 0 atom stereocenters. The second kappa shape index (κ2) is 11.1. The summed E-state index contributed by atoms with van der Waals surface area (Å²) in [5.41, 5.74) is 2.69. The molecule has 2 N–H and O–H groups in total. The number of rotatable bonds is 10. The van der Waals surface area contributed by atoms with Crippen molar-refractivity contribution < 1.29 is 14.3 Å². The van der Waals surface area contributed by atoms with Gasteiger partial charge in [-0.1, -0.05) is 37.3 Å². The highest BCUT2D eigenvalue weighted by molar-refractivity contribution is 5.92. The number of hydrogen-bond acceptors (Lipinski definition) is 3. The van der Waals surface area contributed by atoms with E-state index in [2.05, 4.69) is 22.8 Å². The van der Waals surface area contributed by atoms with E-state index in [0.717, 1.165) is 17.8 Å². The highest BCUT2D eigenvalue weighted by Crippen LogP contribution is 2.14. The average molecular weight is 354 g/mol. The first-order chi connectivity index (χ1) is 12.7. The molecule has 2 aromatic carbocycles. The Hall–Kier alpha value is -2.66. The molecule has 0 aliphatic heterocycles. The maximum Gasteiger partial charge on any atom is 0.224 e. The number of hydrogen-bond donors (Lipinski definition) is 2. The van der Waals surface area contributed by atoms with E-state index >= 15 is 0 Å². The summed E-state index contributed by atoms with van der Waals surface area (Å²) in [4.78, 5) is 23.3. The molecule has 0 bridgehead atoms. The zero-order valence-electron chi connectivity index (χ0n) is 15.2. The predicted octanol–water partition coefficient (Wildman–Crippen LogP) is 4.01. The third-order valence-corrected chi connectivity index (χ3v) is 3.84. The monoisotopic (exact) mass is 354 g/mol. The Morgan fingerprint density at radius 3 is 2.08 bits per heavy atom. The van der Waals surface area contributed by atoms with Crippen molar-refractivity contribution in [2.24, 2.45) is 0 Å². The Morgan fingerprint density at radius 1 is 0.846 bits per heavy atom. The first-order valence-corrected chi connectivity index (χ1v) is 8.99. The molecule has 138 valence electrons. The summed E-state index contributed by atoms with van der Waals surface area (Å²) < 4.78 is 5.58. The molecule has 0 spiro atoms. The second-order valence-corrected chi connectivity index (χ2v) is 5.98. The van der Waals surface area contributed by atoms with Crippen molar-refractivity contribution in [3.05, 3.63) is 60.2 Å². The lowest BCUT2D eigenvalue weighted by atomic mass is 10.2. The summed E-state index contributed by atoms with van der Waals surface area (Å²) in [6.07, 6.45) is 2.42. The fraction of sp³-hybridized carbons (Fsp3) is 0.333. The zero-order valence-corrected chi connectivity index (χ0v) is 15.2. The Bertz CT molecular complexity index is 684. The maximum absolute atomic E-state index is 11.9. The molecular weight excluding hydrogens is 328 g/mol. The van der Waals surface area contributed by atoms with E-state index in [0.29, 0.717) is 32.5 Å². The van der Waals surface area contributed by atoms with Crippen molar-refractivity contribution in [1.29, 1.82) is 0 Å². The van der Waals surface area contributed by atoms with E-state index in [1.54, 1.807) is 31.2 Å². The molecular formula is C21H26N2O3. The Morgan fingerprint density at radius 2 is 1.46 bits per heavy atom. The summed E-state index contributed by atoms with van der Waals surface area (Å²) in [6, 6.07) is 17.3. The first kappa shape index (κ1) is 19.7. The minimum absolute atomic E-state index is 0.0333. The third-order valence-electron chi connectivity index (χ3n) is 3.84. The predicted molar refractivity (Wildman–Crippen MR) is 104 cm³/mol. The van der Waals surface area contributed by atoms with Gasteiger partial charge in [-0.05, 0) is 42.7 Å². The lowest BCUT2D eigenvalue weighted by Crippen LogP contribution is -2.13. The topological polar surface area (TPSA) is 67.4 Å². The Balaban J connectivity index is 1.59. The Kier molecular flexibility index (Phi) is 8.36. The van der Waals surface area contributed by atoms with Gasteiger partial charge in [-0.2, -0.15) is 0 Å². The van der Waals surface area contributed by atoms with Gasteiger partial charge in [-0.25, -0.2) is 0 Å². The average Bonchev–Trinajstić information content (AvgIpc) is 2.67. The van der Waals surface area contributed by atoms with Gasteiger partial charge in [0, 0.05) is 30.8 Å². The largest absolute Gasteiger partial charge is 0.381 e. The van der Waals surface area contributed by atoms with E-state index in [1.165, 1.54) is 5.56 Å². The van der Waals surface area contributed by atoms with E-state index in [-0.39, 0.29) is 11.8 Å². The normalized spacial score (nSPS) is 10.3. The molecule has 2 amide bonds. The molecule has 5 nitrogen and oxygen atoms in total. The molecule has 0 aliphatic carbocycles. The Labute approximate surface area is 154 Å². The number of nitrogens with one attached hydrogen (secondary N) is 2. The van der Waals surface area contributed by atoms with Gasteiger partial charge >= 0.3 is 0 Å². The summed E-state index contributed by atoms with van der Waals surface area (Å²) in [5.74, 6) is -0.0731. The minimum atomic E-state index is -0.0398.